The Morgan fingerprint density at radius 1 is 1.14 bits per heavy atom. The molecule has 28 heavy (non-hydrogen) atoms. The number of hydrogen-bond acceptors (Lipinski definition) is 5. The molecule has 1 aliphatic heterocycles. The van der Waals surface area contributed by atoms with Gasteiger partial charge in [0.1, 0.15) is 0 Å². The number of nitrogens with one attached hydrogen (secondary N) is 1. The van der Waals surface area contributed by atoms with Crippen molar-refractivity contribution in [3.63, 3.8) is 0 Å². The van der Waals surface area contributed by atoms with Crippen LogP contribution in [-0.2, 0) is 0 Å². The molecule has 1 amide bonds. The SMILES string of the molecule is O=C(NCCC1C2CN(c3ccccc3)CC12)c1cc(-c2cccnc2)on1. The lowest BCUT2D eigenvalue weighted by Crippen LogP contribution is -2.27. The van der Waals surface area contributed by atoms with E-state index in [2.05, 4.69) is 50.7 Å². The number of hydrogen-bond donors (Lipinski definition) is 1. The van der Waals surface area contributed by atoms with Gasteiger partial charge < -0.3 is 14.7 Å². The molecule has 2 atom stereocenters. The first-order chi connectivity index (χ1) is 13.8. The number of carbonyl (C=O) groups is 1. The summed E-state index contributed by atoms with van der Waals surface area (Å²) in [6.45, 7) is 2.94. The van der Waals surface area contributed by atoms with Gasteiger partial charge in [-0.15, -0.1) is 0 Å². The number of para-hydroxylation sites is 1. The van der Waals surface area contributed by atoms with E-state index in [4.69, 9.17) is 4.52 Å². The van der Waals surface area contributed by atoms with E-state index in [1.54, 1.807) is 18.5 Å². The van der Waals surface area contributed by atoms with Crippen LogP contribution in [0.4, 0.5) is 5.69 Å². The number of pyridine rings is 1. The quantitative estimate of drug-likeness (QED) is 0.717. The number of carbonyl (C=O) groups excluding carboxylic acids is 1. The van der Waals surface area contributed by atoms with E-state index in [0.29, 0.717) is 18.0 Å². The minimum absolute atomic E-state index is 0.185. The predicted octanol–water partition coefficient (Wildman–Crippen LogP) is 3.24. The van der Waals surface area contributed by atoms with Gasteiger partial charge in [-0.3, -0.25) is 9.78 Å². The lowest BCUT2D eigenvalue weighted by molar-refractivity contribution is 0.0943. The maximum atomic E-state index is 12.3. The van der Waals surface area contributed by atoms with Gasteiger partial charge in [0.15, 0.2) is 11.5 Å². The number of rotatable bonds is 6. The number of aromatic nitrogens is 2. The van der Waals surface area contributed by atoms with E-state index in [9.17, 15) is 4.79 Å². The normalized spacial score (nSPS) is 22.7. The van der Waals surface area contributed by atoms with Crippen LogP contribution in [0.25, 0.3) is 11.3 Å². The third-order valence-corrected chi connectivity index (χ3v) is 5.94. The lowest BCUT2D eigenvalue weighted by atomic mass is 10.1. The molecule has 1 N–H and O–H groups in total. The van der Waals surface area contributed by atoms with Crippen molar-refractivity contribution in [2.24, 2.45) is 17.8 Å². The number of anilines is 1. The molecule has 1 aliphatic carbocycles. The summed E-state index contributed by atoms with van der Waals surface area (Å²) < 4.78 is 5.27. The third kappa shape index (κ3) is 3.26. The van der Waals surface area contributed by atoms with E-state index >= 15 is 0 Å². The first kappa shape index (κ1) is 17.0. The molecule has 2 unspecified atom stereocenters. The van der Waals surface area contributed by atoms with E-state index in [-0.39, 0.29) is 5.91 Å². The molecule has 0 spiro atoms. The van der Waals surface area contributed by atoms with Gasteiger partial charge in [0.25, 0.3) is 5.91 Å². The predicted molar refractivity (Wildman–Crippen MR) is 106 cm³/mol. The van der Waals surface area contributed by atoms with Crippen molar-refractivity contribution in [3.05, 3.63) is 66.6 Å². The molecule has 1 aromatic carbocycles. The molecule has 0 radical (unpaired) electrons. The Balaban J connectivity index is 1.09. The Hall–Kier alpha value is -3.15. The summed E-state index contributed by atoms with van der Waals surface area (Å²) in [4.78, 5) is 18.8. The van der Waals surface area contributed by atoms with Crippen molar-refractivity contribution in [1.82, 2.24) is 15.5 Å². The van der Waals surface area contributed by atoms with Gasteiger partial charge in [0, 0.05) is 49.3 Å². The van der Waals surface area contributed by atoms with Crippen LogP contribution in [0.3, 0.4) is 0 Å². The van der Waals surface area contributed by atoms with E-state index in [1.807, 2.05) is 12.1 Å². The number of amides is 1. The minimum Gasteiger partial charge on any atom is -0.371 e. The van der Waals surface area contributed by atoms with Crippen LogP contribution < -0.4 is 10.2 Å². The second-order valence-electron chi connectivity index (χ2n) is 7.59. The van der Waals surface area contributed by atoms with Crippen LogP contribution in [0.1, 0.15) is 16.9 Å². The standard InChI is InChI=1S/C22H22N4O2/c27-22(20-11-21(28-25-20)15-5-4-9-23-12-15)24-10-8-17-18-13-26(14-19(17)18)16-6-2-1-3-7-16/h1-7,9,11-12,17-19H,8,10,13-14H2,(H,24,27). The average Bonchev–Trinajstić information content (AvgIpc) is 3.14. The fourth-order valence-electron chi connectivity index (χ4n) is 4.40. The van der Waals surface area contributed by atoms with Gasteiger partial charge in [0.05, 0.1) is 0 Å². The Kier molecular flexibility index (Phi) is 4.31. The Morgan fingerprint density at radius 3 is 2.71 bits per heavy atom. The summed E-state index contributed by atoms with van der Waals surface area (Å²) in [7, 11) is 0. The Bertz CT molecular complexity index is 945. The molecule has 1 saturated carbocycles. The molecule has 142 valence electrons. The molecule has 3 heterocycles. The molecule has 3 aromatic rings. The summed E-state index contributed by atoms with van der Waals surface area (Å²) in [6, 6.07) is 16.0. The molecule has 2 aliphatic rings. The van der Waals surface area contributed by atoms with Crippen LogP contribution in [0.2, 0.25) is 0 Å². The molecular weight excluding hydrogens is 352 g/mol. The minimum atomic E-state index is -0.185. The topological polar surface area (TPSA) is 71.3 Å². The van der Waals surface area contributed by atoms with Gasteiger partial charge in [-0.05, 0) is 48.4 Å². The van der Waals surface area contributed by atoms with Gasteiger partial charge in [-0.2, -0.15) is 0 Å². The summed E-state index contributed by atoms with van der Waals surface area (Å²) in [6.07, 6.45) is 4.41. The number of nitrogens with zero attached hydrogens (tertiary/aromatic N) is 3. The zero-order valence-corrected chi connectivity index (χ0v) is 15.5. The number of fused-ring (bicyclic) bond motifs is 1. The molecular formula is C22H22N4O2. The fourth-order valence-corrected chi connectivity index (χ4v) is 4.40. The van der Waals surface area contributed by atoms with Crippen LogP contribution in [0.15, 0.2) is 65.4 Å². The van der Waals surface area contributed by atoms with Crippen molar-refractivity contribution in [3.8, 4) is 11.3 Å². The van der Waals surface area contributed by atoms with E-state index in [0.717, 1.165) is 42.8 Å². The van der Waals surface area contributed by atoms with Gasteiger partial charge in [-0.25, -0.2) is 0 Å². The highest BCUT2D eigenvalue weighted by Crippen LogP contribution is 2.54. The molecule has 1 saturated heterocycles. The molecule has 2 aromatic heterocycles. The summed E-state index contributed by atoms with van der Waals surface area (Å²) in [5.41, 5.74) is 2.44. The average molecular weight is 374 g/mol. The van der Waals surface area contributed by atoms with Crippen LogP contribution in [-0.4, -0.2) is 35.7 Å². The highest BCUT2D eigenvalue weighted by atomic mass is 16.5. The van der Waals surface area contributed by atoms with Crippen molar-refractivity contribution < 1.29 is 9.32 Å². The third-order valence-electron chi connectivity index (χ3n) is 5.94. The first-order valence-corrected chi connectivity index (χ1v) is 9.75. The zero-order valence-electron chi connectivity index (χ0n) is 15.5. The fraction of sp³-hybridized carbons (Fsp3) is 0.318. The summed E-state index contributed by atoms with van der Waals surface area (Å²) >= 11 is 0. The second kappa shape index (κ2) is 7.11. The van der Waals surface area contributed by atoms with Crippen molar-refractivity contribution in [1.29, 1.82) is 0 Å². The summed E-state index contributed by atoms with van der Waals surface area (Å²) in [5.74, 6) is 2.62. The van der Waals surface area contributed by atoms with Crippen LogP contribution in [0, 0.1) is 17.8 Å². The van der Waals surface area contributed by atoms with Crippen LogP contribution in [0.5, 0.6) is 0 Å². The van der Waals surface area contributed by atoms with Crippen molar-refractivity contribution in [2.45, 2.75) is 6.42 Å². The van der Waals surface area contributed by atoms with Crippen molar-refractivity contribution in [2.75, 3.05) is 24.5 Å². The van der Waals surface area contributed by atoms with E-state index < -0.39 is 0 Å². The molecule has 5 rings (SSSR count). The smallest absolute Gasteiger partial charge is 0.273 e. The van der Waals surface area contributed by atoms with Gasteiger partial charge in [-0.1, -0.05) is 23.4 Å². The number of benzene rings is 1. The van der Waals surface area contributed by atoms with E-state index in [1.165, 1.54) is 5.69 Å². The largest absolute Gasteiger partial charge is 0.371 e. The Morgan fingerprint density at radius 2 is 1.96 bits per heavy atom. The molecule has 6 heteroatoms. The summed E-state index contributed by atoms with van der Waals surface area (Å²) in [5, 5.41) is 6.86. The monoisotopic (exact) mass is 374 g/mol. The van der Waals surface area contributed by atoms with Crippen LogP contribution >= 0.6 is 0 Å². The highest BCUT2D eigenvalue weighted by molar-refractivity contribution is 5.93. The Labute approximate surface area is 163 Å². The van der Waals surface area contributed by atoms with Gasteiger partial charge in [0.2, 0.25) is 0 Å². The molecule has 0 bridgehead atoms. The maximum absolute atomic E-state index is 12.3. The molecule has 2 fully saturated rings. The molecule has 6 nitrogen and oxygen atoms in total. The lowest BCUT2D eigenvalue weighted by Gasteiger charge is -2.21. The maximum Gasteiger partial charge on any atom is 0.273 e. The highest BCUT2D eigenvalue weighted by Gasteiger charge is 2.54. The number of piperidine rings is 1. The van der Waals surface area contributed by atoms with Gasteiger partial charge >= 0.3 is 0 Å². The second-order valence-corrected chi connectivity index (χ2v) is 7.59. The zero-order chi connectivity index (χ0) is 18.9. The van der Waals surface area contributed by atoms with Crippen molar-refractivity contribution >= 4 is 11.6 Å². The first-order valence-electron chi connectivity index (χ1n) is 9.75.